The zero-order chi connectivity index (χ0) is 16.5. The van der Waals surface area contributed by atoms with Crippen LogP contribution in [0.5, 0.6) is 0 Å². The van der Waals surface area contributed by atoms with Crippen LogP contribution in [-0.4, -0.2) is 16.9 Å². The second-order valence-corrected chi connectivity index (χ2v) is 7.37. The third kappa shape index (κ3) is 5.66. The highest BCUT2D eigenvalue weighted by molar-refractivity contribution is 8.00. The lowest BCUT2D eigenvalue weighted by atomic mass is 10.3. The van der Waals surface area contributed by atoms with E-state index < -0.39 is 0 Å². The van der Waals surface area contributed by atoms with Crippen LogP contribution in [0.4, 0.5) is 5.69 Å². The van der Waals surface area contributed by atoms with Crippen molar-refractivity contribution >= 4 is 35.1 Å². The first-order valence-corrected chi connectivity index (χ1v) is 9.18. The van der Waals surface area contributed by atoms with Gasteiger partial charge in [-0.2, -0.15) is 5.26 Å². The minimum absolute atomic E-state index is 0.0211. The molecule has 0 aliphatic rings. The van der Waals surface area contributed by atoms with Crippen molar-refractivity contribution in [2.45, 2.75) is 28.4 Å². The van der Waals surface area contributed by atoms with Crippen LogP contribution in [-0.2, 0) is 4.79 Å². The van der Waals surface area contributed by atoms with Gasteiger partial charge in [0.15, 0.2) is 0 Å². The monoisotopic (exact) mass is 342 g/mol. The smallest absolute Gasteiger partial charge is 0.237 e. The number of thioether (sulfide) groups is 2. The second-order valence-electron chi connectivity index (χ2n) is 4.82. The van der Waals surface area contributed by atoms with Crippen LogP contribution in [0.25, 0.3) is 0 Å². The van der Waals surface area contributed by atoms with Gasteiger partial charge >= 0.3 is 0 Å². The number of amides is 1. The number of hydrogen-bond acceptors (Lipinski definition) is 4. The van der Waals surface area contributed by atoms with Crippen molar-refractivity contribution in [2.24, 2.45) is 0 Å². The molecule has 118 valence electrons. The Morgan fingerprint density at radius 2 is 1.87 bits per heavy atom. The molecular formula is C18H18N2OS2. The maximum Gasteiger partial charge on any atom is 0.237 e. The molecule has 3 nitrogen and oxygen atoms in total. The molecule has 2 rings (SSSR count). The SMILES string of the molecule is C[C@@H](Sc1ccccc1)C(=O)Nc1ccccc1SCCC#N. The standard InChI is InChI=1S/C18H18N2OS2/c1-14(23-15-8-3-2-4-9-15)18(21)20-16-10-5-6-11-17(16)22-13-7-12-19/h2-6,8-11,14H,7,13H2,1H3,(H,20,21)/t14-/m1/s1. The molecule has 0 aliphatic carbocycles. The van der Waals surface area contributed by atoms with E-state index in [4.69, 9.17) is 5.26 Å². The molecule has 0 fully saturated rings. The van der Waals surface area contributed by atoms with E-state index in [1.807, 2.05) is 61.5 Å². The molecule has 23 heavy (non-hydrogen) atoms. The van der Waals surface area contributed by atoms with Crippen LogP contribution in [0, 0.1) is 11.3 Å². The van der Waals surface area contributed by atoms with E-state index >= 15 is 0 Å². The van der Waals surface area contributed by atoms with Gasteiger partial charge in [-0.3, -0.25) is 4.79 Å². The molecule has 0 spiro atoms. The lowest BCUT2D eigenvalue weighted by Crippen LogP contribution is -2.22. The summed E-state index contributed by atoms with van der Waals surface area (Å²) in [4.78, 5) is 14.5. The molecule has 0 bridgehead atoms. The fraction of sp³-hybridized carbons (Fsp3) is 0.222. The van der Waals surface area contributed by atoms with E-state index in [2.05, 4.69) is 11.4 Å². The first-order valence-electron chi connectivity index (χ1n) is 7.32. The number of para-hydroxylation sites is 1. The lowest BCUT2D eigenvalue weighted by Gasteiger charge is -2.14. The van der Waals surface area contributed by atoms with Gasteiger partial charge in [0.25, 0.3) is 0 Å². The number of benzene rings is 2. The van der Waals surface area contributed by atoms with Crippen molar-refractivity contribution in [3.63, 3.8) is 0 Å². The number of nitrogens with zero attached hydrogens (tertiary/aromatic N) is 1. The Morgan fingerprint density at radius 3 is 2.61 bits per heavy atom. The molecule has 0 heterocycles. The van der Waals surface area contributed by atoms with E-state index in [1.54, 1.807) is 11.8 Å². The molecule has 0 saturated carbocycles. The molecule has 0 aromatic heterocycles. The van der Waals surface area contributed by atoms with Crippen molar-refractivity contribution < 1.29 is 4.79 Å². The number of nitriles is 1. The van der Waals surface area contributed by atoms with Crippen LogP contribution in [0.15, 0.2) is 64.4 Å². The topological polar surface area (TPSA) is 52.9 Å². The van der Waals surface area contributed by atoms with E-state index in [0.29, 0.717) is 6.42 Å². The third-order valence-corrected chi connectivity index (χ3v) is 5.23. The number of carbonyl (C=O) groups excluding carboxylic acids is 1. The minimum Gasteiger partial charge on any atom is -0.324 e. The molecule has 1 atom stereocenters. The maximum atomic E-state index is 12.4. The summed E-state index contributed by atoms with van der Waals surface area (Å²) >= 11 is 3.12. The number of carbonyl (C=O) groups is 1. The van der Waals surface area contributed by atoms with E-state index in [9.17, 15) is 4.79 Å². The number of anilines is 1. The van der Waals surface area contributed by atoms with Crippen molar-refractivity contribution in [1.29, 1.82) is 5.26 Å². The molecule has 1 amide bonds. The van der Waals surface area contributed by atoms with E-state index in [0.717, 1.165) is 21.2 Å². The summed E-state index contributed by atoms with van der Waals surface area (Å²) in [5.41, 5.74) is 0.806. The van der Waals surface area contributed by atoms with Crippen molar-refractivity contribution in [2.75, 3.05) is 11.1 Å². The Bertz CT molecular complexity index is 683. The zero-order valence-corrected chi connectivity index (χ0v) is 14.5. The Labute approximate surface area is 145 Å². The van der Waals surface area contributed by atoms with Gasteiger partial charge in [0.05, 0.1) is 17.0 Å². The van der Waals surface area contributed by atoms with Crippen LogP contribution < -0.4 is 5.32 Å². The quantitative estimate of drug-likeness (QED) is 0.579. The van der Waals surface area contributed by atoms with Gasteiger partial charge in [0.2, 0.25) is 5.91 Å². The molecular weight excluding hydrogens is 324 g/mol. The van der Waals surface area contributed by atoms with E-state index in [-0.39, 0.29) is 11.2 Å². The van der Waals surface area contributed by atoms with Gasteiger partial charge in [0, 0.05) is 22.0 Å². The highest BCUT2D eigenvalue weighted by atomic mass is 32.2. The van der Waals surface area contributed by atoms with Crippen LogP contribution >= 0.6 is 23.5 Å². The molecule has 0 unspecified atom stereocenters. The van der Waals surface area contributed by atoms with Gasteiger partial charge < -0.3 is 5.32 Å². The summed E-state index contributed by atoms with van der Waals surface area (Å²) in [5, 5.41) is 11.4. The van der Waals surface area contributed by atoms with E-state index in [1.165, 1.54) is 11.8 Å². The Hall–Kier alpha value is -1.90. The first-order chi connectivity index (χ1) is 11.2. The summed E-state index contributed by atoms with van der Waals surface area (Å²) in [7, 11) is 0. The van der Waals surface area contributed by atoms with Gasteiger partial charge in [-0.05, 0) is 31.2 Å². The first kappa shape index (κ1) is 17.5. The fourth-order valence-electron chi connectivity index (χ4n) is 1.89. The molecule has 0 saturated heterocycles. The third-order valence-electron chi connectivity index (χ3n) is 3.04. The Balaban J connectivity index is 1.98. The van der Waals surface area contributed by atoms with Gasteiger partial charge in [0.1, 0.15) is 0 Å². The lowest BCUT2D eigenvalue weighted by molar-refractivity contribution is -0.115. The molecule has 0 radical (unpaired) electrons. The summed E-state index contributed by atoms with van der Waals surface area (Å²) < 4.78 is 0. The number of rotatable bonds is 7. The average molecular weight is 342 g/mol. The van der Waals surface area contributed by atoms with Crippen molar-refractivity contribution in [3.8, 4) is 6.07 Å². The largest absolute Gasteiger partial charge is 0.324 e. The molecule has 0 aliphatic heterocycles. The highest BCUT2D eigenvalue weighted by Crippen LogP contribution is 2.29. The second kappa shape index (κ2) is 9.29. The zero-order valence-electron chi connectivity index (χ0n) is 12.9. The normalized spacial score (nSPS) is 11.5. The average Bonchev–Trinajstić information content (AvgIpc) is 2.57. The van der Waals surface area contributed by atoms with Crippen molar-refractivity contribution in [3.05, 3.63) is 54.6 Å². The molecule has 2 aromatic carbocycles. The maximum absolute atomic E-state index is 12.4. The van der Waals surface area contributed by atoms with Crippen LogP contribution in [0.3, 0.4) is 0 Å². The van der Waals surface area contributed by atoms with Gasteiger partial charge in [-0.25, -0.2) is 0 Å². The van der Waals surface area contributed by atoms with Crippen LogP contribution in [0.2, 0.25) is 0 Å². The Kier molecular flexibility index (Phi) is 7.05. The fourth-order valence-corrected chi connectivity index (χ4v) is 3.64. The van der Waals surface area contributed by atoms with Gasteiger partial charge in [-0.1, -0.05) is 30.3 Å². The van der Waals surface area contributed by atoms with Gasteiger partial charge in [-0.15, -0.1) is 23.5 Å². The summed E-state index contributed by atoms with van der Waals surface area (Å²) in [6.07, 6.45) is 0.493. The Morgan fingerprint density at radius 1 is 1.17 bits per heavy atom. The summed E-state index contributed by atoms with van der Waals surface area (Å²) in [6, 6.07) is 19.7. The number of hydrogen-bond donors (Lipinski definition) is 1. The van der Waals surface area contributed by atoms with Crippen molar-refractivity contribution in [1.82, 2.24) is 0 Å². The summed E-state index contributed by atoms with van der Waals surface area (Å²) in [5.74, 6) is 0.699. The predicted octanol–water partition coefficient (Wildman–Crippen LogP) is 4.81. The summed E-state index contributed by atoms with van der Waals surface area (Å²) in [6.45, 7) is 1.90. The number of nitrogens with one attached hydrogen (secondary N) is 1. The molecule has 5 heteroatoms. The predicted molar refractivity (Wildman–Crippen MR) is 97.8 cm³/mol. The molecule has 1 N–H and O–H groups in total. The van der Waals surface area contributed by atoms with Crippen LogP contribution in [0.1, 0.15) is 13.3 Å². The minimum atomic E-state index is -0.186. The molecule has 2 aromatic rings. The highest BCUT2D eigenvalue weighted by Gasteiger charge is 2.15.